The maximum absolute atomic E-state index is 12.8. The lowest BCUT2D eigenvalue weighted by Crippen LogP contribution is -2.22. The largest absolute Gasteiger partial charge is 0.347 e. The highest BCUT2D eigenvalue weighted by Gasteiger charge is 2.18. The fraction of sp³-hybridized carbons (Fsp3) is 0.0476. The summed E-state index contributed by atoms with van der Waals surface area (Å²) in [6.45, 7) is 0.254. The highest BCUT2D eigenvalue weighted by Crippen LogP contribution is 2.27. The molecular formula is C21H17N3O3S2. The molecule has 0 saturated heterocycles. The van der Waals surface area contributed by atoms with Crippen molar-refractivity contribution >= 4 is 43.9 Å². The Morgan fingerprint density at radius 1 is 0.931 bits per heavy atom. The number of anilines is 1. The number of amides is 1. The summed E-state index contributed by atoms with van der Waals surface area (Å²) in [4.78, 5) is 17.2. The Morgan fingerprint density at radius 2 is 1.72 bits per heavy atom. The van der Waals surface area contributed by atoms with Crippen molar-refractivity contribution < 1.29 is 13.2 Å². The third-order valence-electron chi connectivity index (χ3n) is 4.24. The number of carbonyl (C=O) groups is 1. The van der Waals surface area contributed by atoms with Gasteiger partial charge in [-0.25, -0.2) is 8.42 Å². The lowest BCUT2D eigenvalue weighted by Gasteiger charge is -2.08. The normalized spacial score (nSPS) is 11.3. The molecule has 146 valence electrons. The van der Waals surface area contributed by atoms with E-state index in [2.05, 4.69) is 15.0 Å². The first-order valence-corrected chi connectivity index (χ1v) is 11.1. The summed E-state index contributed by atoms with van der Waals surface area (Å²) in [7, 11) is -3.76. The molecule has 4 rings (SSSR count). The number of hydrogen-bond acceptors (Lipinski definition) is 5. The van der Waals surface area contributed by atoms with Gasteiger partial charge in [0.15, 0.2) is 0 Å². The predicted octanol–water partition coefficient (Wildman–Crippen LogP) is 4.03. The third kappa shape index (κ3) is 4.28. The summed E-state index contributed by atoms with van der Waals surface area (Å²) in [5.41, 5.74) is 1.57. The monoisotopic (exact) mass is 423 g/mol. The van der Waals surface area contributed by atoms with Crippen LogP contribution in [0.5, 0.6) is 0 Å². The van der Waals surface area contributed by atoms with Gasteiger partial charge in [-0.2, -0.15) is 0 Å². The zero-order valence-electron chi connectivity index (χ0n) is 15.2. The third-order valence-corrected chi connectivity index (χ3v) is 7.18. The zero-order valence-corrected chi connectivity index (χ0v) is 16.8. The lowest BCUT2D eigenvalue weighted by atomic mass is 10.2. The van der Waals surface area contributed by atoms with Gasteiger partial charge in [-0.15, -0.1) is 11.3 Å². The molecule has 0 radical (unpaired) electrons. The molecule has 2 aromatic heterocycles. The van der Waals surface area contributed by atoms with Crippen molar-refractivity contribution in [1.82, 2.24) is 10.3 Å². The molecule has 0 saturated carbocycles. The van der Waals surface area contributed by atoms with Gasteiger partial charge in [-0.05, 0) is 36.4 Å². The Labute approximate surface area is 172 Å². The number of sulfonamides is 1. The van der Waals surface area contributed by atoms with Gasteiger partial charge < -0.3 is 5.32 Å². The van der Waals surface area contributed by atoms with Gasteiger partial charge in [0.25, 0.3) is 15.9 Å². The number of thiophene rings is 1. The molecule has 0 aliphatic heterocycles. The Morgan fingerprint density at radius 3 is 2.55 bits per heavy atom. The van der Waals surface area contributed by atoms with E-state index in [-0.39, 0.29) is 16.7 Å². The van der Waals surface area contributed by atoms with Crippen LogP contribution in [0.1, 0.15) is 15.2 Å². The fourth-order valence-electron chi connectivity index (χ4n) is 2.84. The number of pyridine rings is 1. The molecule has 0 spiro atoms. The van der Waals surface area contributed by atoms with Crippen LogP contribution >= 0.6 is 11.3 Å². The molecule has 6 nitrogen and oxygen atoms in total. The SMILES string of the molecule is O=C(NCc1ccc(S(=O)(=O)Nc2cccc3cccnc23)s1)c1ccccc1. The maximum atomic E-state index is 12.8. The number of aromatic nitrogens is 1. The minimum absolute atomic E-state index is 0.175. The van der Waals surface area contributed by atoms with Gasteiger partial charge in [-0.1, -0.05) is 36.4 Å². The zero-order chi connectivity index (χ0) is 20.3. The Kier molecular flexibility index (Phi) is 5.28. The van der Waals surface area contributed by atoms with Crippen LogP contribution < -0.4 is 10.0 Å². The summed E-state index contributed by atoms with van der Waals surface area (Å²) in [5.74, 6) is -0.205. The number of hydrogen-bond donors (Lipinski definition) is 2. The minimum atomic E-state index is -3.76. The number of nitrogens with zero attached hydrogens (tertiary/aromatic N) is 1. The second kappa shape index (κ2) is 8.02. The van der Waals surface area contributed by atoms with Crippen molar-refractivity contribution in [2.24, 2.45) is 0 Å². The molecule has 0 aliphatic rings. The molecule has 2 heterocycles. The van der Waals surface area contributed by atoms with Gasteiger partial charge in [-0.3, -0.25) is 14.5 Å². The average Bonchev–Trinajstić information content (AvgIpc) is 3.23. The van der Waals surface area contributed by atoms with E-state index in [0.717, 1.165) is 21.6 Å². The smallest absolute Gasteiger partial charge is 0.271 e. The molecule has 4 aromatic rings. The minimum Gasteiger partial charge on any atom is -0.347 e. The van der Waals surface area contributed by atoms with Crippen LogP contribution in [0.4, 0.5) is 5.69 Å². The number of fused-ring (bicyclic) bond motifs is 1. The molecule has 2 N–H and O–H groups in total. The average molecular weight is 424 g/mol. The first kappa shape index (κ1) is 19.1. The molecule has 1 amide bonds. The van der Waals surface area contributed by atoms with Gasteiger partial charge in [0.1, 0.15) is 4.21 Å². The lowest BCUT2D eigenvalue weighted by molar-refractivity contribution is 0.0951. The molecule has 8 heteroatoms. The van der Waals surface area contributed by atoms with E-state index in [4.69, 9.17) is 0 Å². The molecular weight excluding hydrogens is 406 g/mol. The van der Waals surface area contributed by atoms with E-state index >= 15 is 0 Å². The number of para-hydroxylation sites is 1. The summed E-state index contributed by atoms with van der Waals surface area (Å²) in [5, 5.41) is 3.65. The summed E-state index contributed by atoms with van der Waals surface area (Å²) >= 11 is 1.12. The Balaban J connectivity index is 1.48. The van der Waals surface area contributed by atoms with Crippen LogP contribution in [0.3, 0.4) is 0 Å². The maximum Gasteiger partial charge on any atom is 0.271 e. The van der Waals surface area contributed by atoms with E-state index in [1.54, 1.807) is 54.7 Å². The van der Waals surface area contributed by atoms with Crippen molar-refractivity contribution in [2.45, 2.75) is 10.8 Å². The Bertz CT molecular complexity index is 1260. The van der Waals surface area contributed by atoms with E-state index in [1.165, 1.54) is 6.07 Å². The van der Waals surface area contributed by atoms with E-state index in [0.29, 0.717) is 16.8 Å². The molecule has 0 aliphatic carbocycles. The molecule has 0 atom stereocenters. The second-order valence-corrected chi connectivity index (χ2v) is 9.33. The van der Waals surface area contributed by atoms with Crippen LogP contribution in [-0.4, -0.2) is 19.3 Å². The van der Waals surface area contributed by atoms with Crippen molar-refractivity contribution in [2.75, 3.05) is 4.72 Å². The van der Waals surface area contributed by atoms with Crippen LogP contribution in [0, 0.1) is 0 Å². The summed E-state index contributed by atoms with van der Waals surface area (Å²) in [6, 6.07) is 21.1. The predicted molar refractivity (Wildman–Crippen MR) is 114 cm³/mol. The number of rotatable bonds is 6. The van der Waals surface area contributed by atoms with Gasteiger partial charge in [0.05, 0.1) is 17.7 Å². The molecule has 2 aromatic carbocycles. The quantitative estimate of drug-likeness (QED) is 0.490. The number of benzene rings is 2. The van der Waals surface area contributed by atoms with Crippen LogP contribution in [0.15, 0.2) is 83.2 Å². The van der Waals surface area contributed by atoms with Gasteiger partial charge in [0, 0.05) is 22.0 Å². The Hall–Kier alpha value is -3.23. The van der Waals surface area contributed by atoms with Crippen molar-refractivity contribution in [1.29, 1.82) is 0 Å². The van der Waals surface area contributed by atoms with E-state index < -0.39 is 10.0 Å². The first-order chi connectivity index (χ1) is 14.0. The highest BCUT2D eigenvalue weighted by molar-refractivity contribution is 7.94. The number of carbonyl (C=O) groups excluding carboxylic acids is 1. The molecule has 0 bridgehead atoms. The van der Waals surface area contributed by atoms with Crippen molar-refractivity contribution in [3.8, 4) is 0 Å². The number of nitrogens with one attached hydrogen (secondary N) is 2. The van der Waals surface area contributed by atoms with E-state index in [1.807, 2.05) is 18.2 Å². The van der Waals surface area contributed by atoms with Crippen LogP contribution in [0.25, 0.3) is 10.9 Å². The van der Waals surface area contributed by atoms with Gasteiger partial charge in [0.2, 0.25) is 0 Å². The summed E-state index contributed by atoms with van der Waals surface area (Å²) in [6.07, 6.45) is 1.62. The van der Waals surface area contributed by atoms with Crippen molar-refractivity contribution in [3.63, 3.8) is 0 Å². The fourth-order valence-corrected chi connectivity index (χ4v) is 5.20. The standard InChI is InChI=1S/C21H17N3O3S2/c25-21(16-6-2-1-3-7-16)23-14-17-11-12-19(28-17)29(26,27)24-18-10-4-8-15-9-5-13-22-20(15)18/h1-13,24H,14H2,(H,23,25). The second-order valence-electron chi connectivity index (χ2n) is 6.26. The topological polar surface area (TPSA) is 88.2 Å². The molecule has 0 unspecified atom stereocenters. The summed E-state index contributed by atoms with van der Waals surface area (Å²) < 4.78 is 28.4. The van der Waals surface area contributed by atoms with Crippen molar-refractivity contribution in [3.05, 3.63) is 89.4 Å². The molecule has 0 fully saturated rings. The molecule has 29 heavy (non-hydrogen) atoms. The highest BCUT2D eigenvalue weighted by atomic mass is 32.2. The first-order valence-electron chi connectivity index (χ1n) is 8.81. The van der Waals surface area contributed by atoms with Crippen LogP contribution in [0.2, 0.25) is 0 Å². The van der Waals surface area contributed by atoms with Crippen LogP contribution in [-0.2, 0) is 16.6 Å². The van der Waals surface area contributed by atoms with E-state index in [9.17, 15) is 13.2 Å². The van der Waals surface area contributed by atoms with Gasteiger partial charge >= 0.3 is 0 Å².